The average molecular weight is 297 g/mol. The molecule has 21 heavy (non-hydrogen) atoms. The second kappa shape index (κ2) is 6.51. The highest BCUT2D eigenvalue weighted by atomic mass is 32.1. The molecule has 0 N–H and O–H groups in total. The Morgan fingerprint density at radius 3 is 2.81 bits per heavy atom. The summed E-state index contributed by atoms with van der Waals surface area (Å²) in [5, 5.41) is 0.666. The van der Waals surface area contributed by atoms with Crippen LogP contribution in [0.5, 0.6) is 0 Å². The third-order valence-corrected chi connectivity index (χ3v) is 4.24. The number of pyridine rings is 1. The fourth-order valence-corrected chi connectivity index (χ4v) is 2.98. The Kier molecular flexibility index (Phi) is 4.27. The number of amides is 1. The maximum atomic E-state index is 12.3. The van der Waals surface area contributed by atoms with Crippen molar-refractivity contribution >= 4 is 17.2 Å². The SMILES string of the molecule is O=C(c1cnc(C#Cc2cccnc2)s1)N1CCCCC1. The minimum Gasteiger partial charge on any atom is -0.338 e. The number of thiazole rings is 1. The number of piperidine rings is 1. The van der Waals surface area contributed by atoms with E-state index in [0.717, 1.165) is 31.5 Å². The van der Waals surface area contributed by atoms with E-state index >= 15 is 0 Å². The van der Waals surface area contributed by atoms with Crippen LogP contribution in [0.1, 0.15) is 39.5 Å². The zero-order valence-corrected chi connectivity index (χ0v) is 12.4. The number of rotatable bonds is 1. The summed E-state index contributed by atoms with van der Waals surface area (Å²) in [5.41, 5.74) is 0.844. The molecule has 5 heteroatoms. The number of hydrogen-bond acceptors (Lipinski definition) is 4. The Morgan fingerprint density at radius 2 is 2.05 bits per heavy atom. The lowest BCUT2D eigenvalue weighted by atomic mass is 10.1. The van der Waals surface area contributed by atoms with Crippen molar-refractivity contribution in [3.63, 3.8) is 0 Å². The molecule has 1 fully saturated rings. The predicted molar refractivity (Wildman–Crippen MR) is 82.1 cm³/mol. The van der Waals surface area contributed by atoms with Crippen LogP contribution in [0.3, 0.4) is 0 Å². The van der Waals surface area contributed by atoms with Gasteiger partial charge in [-0.15, -0.1) is 11.3 Å². The highest BCUT2D eigenvalue weighted by Gasteiger charge is 2.19. The molecule has 1 amide bonds. The van der Waals surface area contributed by atoms with E-state index in [9.17, 15) is 4.79 Å². The summed E-state index contributed by atoms with van der Waals surface area (Å²) in [4.78, 5) is 23.1. The number of carbonyl (C=O) groups excluding carboxylic acids is 1. The smallest absolute Gasteiger partial charge is 0.265 e. The van der Waals surface area contributed by atoms with Gasteiger partial charge in [-0.05, 0) is 37.3 Å². The summed E-state index contributed by atoms with van der Waals surface area (Å²) in [6.45, 7) is 1.71. The average Bonchev–Trinajstić information content (AvgIpc) is 3.03. The van der Waals surface area contributed by atoms with Gasteiger partial charge < -0.3 is 4.90 Å². The van der Waals surface area contributed by atoms with Crippen molar-refractivity contribution in [2.75, 3.05) is 13.1 Å². The summed E-state index contributed by atoms with van der Waals surface area (Å²) in [5.74, 6) is 6.07. The van der Waals surface area contributed by atoms with Crippen LogP contribution in [-0.2, 0) is 0 Å². The van der Waals surface area contributed by atoms with Crippen LogP contribution < -0.4 is 0 Å². The molecule has 0 spiro atoms. The first-order chi connectivity index (χ1) is 10.3. The van der Waals surface area contributed by atoms with E-state index in [1.807, 2.05) is 17.0 Å². The first-order valence-electron chi connectivity index (χ1n) is 7.00. The van der Waals surface area contributed by atoms with E-state index in [2.05, 4.69) is 21.8 Å². The van der Waals surface area contributed by atoms with Gasteiger partial charge in [-0.2, -0.15) is 0 Å². The van der Waals surface area contributed by atoms with E-state index in [1.165, 1.54) is 17.8 Å². The number of nitrogens with zero attached hydrogens (tertiary/aromatic N) is 3. The monoisotopic (exact) mass is 297 g/mol. The van der Waals surface area contributed by atoms with E-state index in [4.69, 9.17) is 0 Å². The molecule has 0 aromatic carbocycles. The number of likely N-dealkylation sites (tertiary alicyclic amines) is 1. The third kappa shape index (κ3) is 3.47. The van der Waals surface area contributed by atoms with E-state index in [-0.39, 0.29) is 5.91 Å². The Hall–Kier alpha value is -2.19. The van der Waals surface area contributed by atoms with Crippen molar-refractivity contribution in [1.29, 1.82) is 0 Å². The van der Waals surface area contributed by atoms with Gasteiger partial charge in [0.25, 0.3) is 5.91 Å². The Labute approximate surface area is 127 Å². The van der Waals surface area contributed by atoms with Gasteiger partial charge in [-0.25, -0.2) is 4.98 Å². The maximum Gasteiger partial charge on any atom is 0.265 e. The molecule has 4 nitrogen and oxygen atoms in total. The minimum atomic E-state index is 0.0848. The molecule has 1 saturated heterocycles. The van der Waals surface area contributed by atoms with Crippen molar-refractivity contribution in [2.24, 2.45) is 0 Å². The molecule has 1 aliphatic rings. The van der Waals surface area contributed by atoms with E-state index < -0.39 is 0 Å². The molecule has 0 unspecified atom stereocenters. The van der Waals surface area contributed by atoms with Crippen molar-refractivity contribution < 1.29 is 4.79 Å². The standard InChI is InChI=1S/C16H15N3OS/c20-16(19-9-2-1-3-10-19)14-12-18-15(21-14)7-6-13-5-4-8-17-11-13/h4-5,8,11-12H,1-3,9-10H2. The number of carbonyl (C=O) groups is 1. The summed E-state index contributed by atoms with van der Waals surface area (Å²) < 4.78 is 0. The molecule has 0 saturated carbocycles. The Balaban J connectivity index is 1.71. The first kappa shape index (κ1) is 13.8. The molecule has 0 bridgehead atoms. The molecule has 2 aromatic heterocycles. The van der Waals surface area contributed by atoms with Gasteiger partial charge in [0.05, 0.1) is 6.20 Å². The minimum absolute atomic E-state index is 0.0848. The molecule has 3 rings (SSSR count). The third-order valence-electron chi connectivity index (χ3n) is 3.34. The summed E-state index contributed by atoms with van der Waals surface area (Å²) in [6.07, 6.45) is 8.46. The lowest BCUT2D eigenvalue weighted by molar-refractivity contribution is 0.0729. The zero-order valence-electron chi connectivity index (χ0n) is 11.6. The Morgan fingerprint density at radius 1 is 1.19 bits per heavy atom. The van der Waals surface area contributed by atoms with Crippen molar-refractivity contribution in [1.82, 2.24) is 14.9 Å². The highest BCUT2D eigenvalue weighted by molar-refractivity contribution is 7.14. The van der Waals surface area contributed by atoms with Gasteiger partial charge in [0.15, 0.2) is 5.01 Å². The first-order valence-corrected chi connectivity index (χ1v) is 7.82. The molecular formula is C16H15N3OS. The van der Waals surface area contributed by atoms with Crippen LogP contribution in [0.4, 0.5) is 0 Å². The molecule has 3 heterocycles. The predicted octanol–water partition coefficient (Wildman–Crippen LogP) is 2.56. The molecule has 2 aromatic rings. The van der Waals surface area contributed by atoms with Crippen LogP contribution in [0.15, 0.2) is 30.7 Å². The molecule has 0 aliphatic carbocycles. The quantitative estimate of drug-likeness (QED) is 0.760. The summed E-state index contributed by atoms with van der Waals surface area (Å²) >= 11 is 1.36. The van der Waals surface area contributed by atoms with Gasteiger partial charge in [0.1, 0.15) is 4.88 Å². The zero-order chi connectivity index (χ0) is 14.5. The van der Waals surface area contributed by atoms with Crippen LogP contribution in [0.2, 0.25) is 0 Å². The second-order valence-electron chi connectivity index (χ2n) is 4.87. The lowest BCUT2D eigenvalue weighted by Crippen LogP contribution is -2.35. The largest absolute Gasteiger partial charge is 0.338 e. The fourth-order valence-electron chi connectivity index (χ4n) is 2.25. The summed E-state index contributed by atoms with van der Waals surface area (Å²) in [7, 11) is 0. The fraction of sp³-hybridized carbons (Fsp3) is 0.312. The summed E-state index contributed by atoms with van der Waals surface area (Å²) in [6, 6.07) is 3.74. The molecule has 1 aliphatic heterocycles. The second-order valence-corrected chi connectivity index (χ2v) is 5.90. The topological polar surface area (TPSA) is 46.1 Å². The molecule has 0 atom stereocenters. The van der Waals surface area contributed by atoms with Gasteiger partial charge in [-0.3, -0.25) is 9.78 Å². The van der Waals surface area contributed by atoms with Crippen molar-refractivity contribution in [3.8, 4) is 11.8 Å². The van der Waals surface area contributed by atoms with Gasteiger partial charge in [-0.1, -0.05) is 5.92 Å². The Bertz CT molecular complexity index is 678. The maximum absolute atomic E-state index is 12.3. The lowest BCUT2D eigenvalue weighted by Gasteiger charge is -2.25. The van der Waals surface area contributed by atoms with Crippen LogP contribution in [0.25, 0.3) is 0 Å². The van der Waals surface area contributed by atoms with Crippen molar-refractivity contribution in [3.05, 3.63) is 46.2 Å². The van der Waals surface area contributed by atoms with Gasteiger partial charge >= 0.3 is 0 Å². The number of hydrogen-bond donors (Lipinski definition) is 0. The van der Waals surface area contributed by atoms with Gasteiger partial charge in [0.2, 0.25) is 0 Å². The number of aromatic nitrogens is 2. The van der Waals surface area contributed by atoms with Gasteiger partial charge in [0, 0.05) is 31.0 Å². The van der Waals surface area contributed by atoms with E-state index in [0.29, 0.717) is 9.88 Å². The molecular weight excluding hydrogens is 282 g/mol. The highest BCUT2D eigenvalue weighted by Crippen LogP contribution is 2.18. The van der Waals surface area contributed by atoms with Crippen molar-refractivity contribution in [2.45, 2.75) is 19.3 Å². The van der Waals surface area contributed by atoms with Crippen LogP contribution in [-0.4, -0.2) is 33.9 Å². The van der Waals surface area contributed by atoms with Crippen LogP contribution >= 0.6 is 11.3 Å². The van der Waals surface area contributed by atoms with E-state index in [1.54, 1.807) is 18.6 Å². The normalized spacial score (nSPS) is 14.4. The molecule has 106 valence electrons. The molecule has 0 radical (unpaired) electrons. The van der Waals surface area contributed by atoms with Crippen LogP contribution in [0, 0.1) is 11.8 Å².